The number of anilines is 2. The molecule has 41 heavy (non-hydrogen) atoms. The van der Waals surface area contributed by atoms with E-state index in [0.717, 1.165) is 39.1 Å². The van der Waals surface area contributed by atoms with Crippen LogP contribution in [0.1, 0.15) is 33.8 Å². The molecule has 0 bridgehead atoms. The summed E-state index contributed by atoms with van der Waals surface area (Å²) in [6.07, 6.45) is 3.53. The van der Waals surface area contributed by atoms with Gasteiger partial charge in [0.1, 0.15) is 11.3 Å². The minimum atomic E-state index is -1.08. The van der Waals surface area contributed by atoms with Gasteiger partial charge in [-0.1, -0.05) is 54.1 Å². The van der Waals surface area contributed by atoms with E-state index in [1.165, 1.54) is 18.3 Å². The molecule has 206 valence electrons. The van der Waals surface area contributed by atoms with Crippen LogP contribution < -0.4 is 26.6 Å². The number of nitrogens with zero attached hydrogens (tertiary/aromatic N) is 1. The Hall–Kier alpha value is -4.79. The predicted octanol–water partition coefficient (Wildman–Crippen LogP) is 5.87. The molecule has 0 saturated heterocycles. The van der Waals surface area contributed by atoms with Gasteiger partial charge in [-0.2, -0.15) is 0 Å². The van der Waals surface area contributed by atoms with Crippen molar-refractivity contribution in [3.63, 3.8) is 0 Å². The van der Waals surface area contributed by atoms with E-state index in [4.69, 9.17) is 27.9 Å². The fourth-order valence-electron chi connectivity index (χ4n) is 5.79. The Balaban J connectivity index is 1.31. The number of carbonyl (C=O) groups is 2. The second-order valence-electron chi connectivity index (χ2n) is 10.2. The van der Waals surface area contributed by atoms with Gasteiger partial charge < -0.3 is 20.9 Å². The lowest BCUT2D eigenvalue weighted by molar-refractivity contribution is -0.118. The summed E-state index contributed by atoms with van der Waals surface area (Å²) in [5.74, 6) is 4.89. The van der Waals surface area contributed by atoms with Crippen LogP contribution in [0.25, 0.3) is 22.3 Å². The summed E-state index contributed by atoms with van der Waals surface area (Å²) < 4.78 is 5.21. The predicted molar refractivity (Wildman–Crippen MR) is 160 cm³/mol. The zero-order valence-corrected chi connectivity index (χ0v) is 22.9. The number of halogens is 1. The molecular weight excluding hydrogens is 540 g/mol. The Morgan fingerprint density at radius 3 is 2.34 bits per heavy atom. The average Bonchev–Trinajstić information content (AvgIpc) is 3.68. The number of hydrogen-bond donors (Lipinski definition) is 4. The molecule has 1 amide bonds. The number of fused-ring (bicyclic) bond motifs is 2. The number of carboxylic acids is 1. The lowest BCUT2D eigenvalue weighted by Gasteiger charge is -2.14. The summed E-state index contributed by atoms with van der Waals surface area (Å²) in [7, 11) is 1.44. The third-order valence-electron chi connectivity index (χ3n) is 8.00. The fraction of sp³-hybridized carbons (Fsp3) is 0.125. The van der Waals surface area contributed by atoms with Crippen molar-refractivity contribution in [2.24, 2.45) is 11.6 Å². The van der Waals surface area contributed by atoms with E-state index >= 15 is 0 Å². The van der Waals surface area contributed by atoms with Crippen molar-refractivity contribution in [3.8, 4) is 28.0 Å². The van der Waals surface area contributed by atoms with Crippen LogP contribution in [0.3, 0.4) is 0 Å². The van der Waals surface area contributed by atoms with Crippen LogP contribution in [-0.2, 0) is 10.2 Å². The number of hydrogen-bond acceptors (Lipinski definition) is 6. The minimum Gasteiger partial charge on any atom is -0.496 e. The number of hydrazine groups is 1. The van der Waals surface area contributed by atoms with Crippen molar-refractivity contribution in [2.75, 3.05) is 17.4 Å². The van der Waals surface area contributed by atoms with Gasteiger partial charge in [-0.05, 0) is 70.6 Å². The number of aromatic carboxylic acids is 1. The number of benzene rings is 4. The number of carbonyl (C=O) groups excluding carboxylic acids is 1. The number of methoxy groups -OCH3 is 1. The number of carboxylic acid groups (broad SMARTS) is 1. The van der Waals surface area contributed by atoms with Crippen molar-refractivity contribution in [3.05, 3.63) is 113 Å². The molecule has 1 aliphatic carbocycles. The lowest BCUT2D eigenvalue weighted by Crippen LogP contribution is -2.24. The van der Waals surface area contributed by atoms with Crippen LogP contribution in [0.2, 0.25) is 5.02 Å². The normalized spacial score (nSPS) is 18.8. The monoisotopic (exact) mass is 566 g/mol. The van der Waals surface area contributed by atoms with E-state index in [0.29, 0.717) is 17.1 Å². The van der Waals surface area contributed by atoms with E-state index in [1.807, 2.05) is 60.7 Å². The SMILES string of the molecule is COc1ccc(C2CC23C(=O)Nc2cc(Cl)c(-c4ccc(-c5ccc(N(N)/C=C\N)cc5)cc4)cc23)cc1C(=O)O. The summed E-state index contributed by atoms with van der Waals surface area (Å²) in [6.45, 7) is 0. The maximum absolute atomic E-state index is 13.3. The van der Waals surface area contributed by atoms with Crippen LogP contribution in [0.15, 0.2) is 91.3 Å². The summed E-state index contributed by atoms with van der Waals surface area (Å²) in [4.78, 5) is 25.1. The number of amides is 1. The topological polar surface area (TPSA) is 131 Å². The average molecular weight is 567 g/mol. The van der Waals surface area contributed by atoms with Gasteiger partial charge in [-0.15, -0.1) is 0 Å². The maximum atomic E-state index is 13.3. The highest BCUT2D eigenvalue weighted by Crippen LogP contribution is 2.65. The van der Waals surface area contributed by atoms with E-state index in [-0.39, 0.29) is 23.1 Å². The van der Waals surface area contributed by atoms with Gasteiger partial charge in [0.15, 0.2) is 0 Å². The Kier molecular flexibility index (Phi) is 6.44. The first-order chi connectivity index (χ1) is 19.8. The van der Waals surface area contributed by atoms with Crippen molar-refractivity contribution in [1.82, 2.24) is 0 Å². The van der Waals surface area contributed by atoms with E-state index in [2.05, 4.69) is 5.32 Å². The number of nitrogens with two attached hydrogens (primary N) is 2. The Labute approximate surface area is 241 Å². The van der Waals surface area contributed by atoms with Gasteiger partial charge in [0, 0.05) is 29.6 Å². The molecule has 0 radical (unpaired) electrons. The maximum Gasteiger partial charge on any atom is 0.339 e. The minimum absolute atomic E-state index is 0.0740. The highest BCUT2D eigenvalue weighted by atomic mass is 35.5. The molecule has 6 N–H and O–H groups in total. The Morgan fingerprint density at radius 2 is 1.71 bits per heavy atom. The van der Waals surface area contributed by atoms with Gasteiger partial charge in [0.2, 0.25) is 5.91 Å². The molecular formula is C32H27ClN4O4. The van der Waals surface area contributed by atoms with Gasteiger partial charge in [-0.25, -0.2) is 10.6 Å². The largest absolute Gasteiger partial charge is 0.496 e. The standard InChI is InChI=1S/C32H27ClN4O4/c1-41-29-11-8-21(14-24(29)30(38)39)26-17-32(26)25-15-23(27(33)16-28(25)36-31(32)40)20-4-2-18(3-5-20)19-6-9-22(10-7-19)37(35)13-12-34/h2-16,26H,17,34-35H2,1H3,(H,36,40)(H,38,39)/b13-12-. The third kappa shape index (κ3) is 4.38. The lowest BCUT2D eigenvalue weighted by atomic mass is 9.89. The molecule has 2 atom stereocenters. The van der Waals surface area contributed by atoms with Crippen LogP contribution in [0, 0.1) is 0 Å². The van der Waals surface area contributed by atoms with Crippen molar-refractivity contribution < 1.29 is 19.4 Å². The summed E-state index contributed by atoms with van der Waals surface area (Å²) in [5.41, 5.74) is 11.7. The van der Waals surface area contributed by atoms with Gasteiger partial charge in [0.25, 0.3) is 0 Å². The molecule has 1 saturated carbocycles. The Bertz CT molecular complexity index is 1720. The van der Waals surface area contributed by atoms with Crippen molar-refractivity contribution in [2.45, 2.75) is 17.8 Å². The second kappa shape index (κ2) is 9.99. The smallest absolute Gasteiger partial charge is 0.339 e. The molecule has 8 nitrogen and oxygen atoms in total. The first-order valence-corrected chi connectivity index (χ1v) is 13.3. The Morgan fingerprint density at radius 1 is 1.05 bits per heavy atom. The summed E-state index contributed by atoms with van der Waals surface area (Å²) in [5, 5.41) is 14.6. The summed E-state index contributed by atoms with van der Waals surface area (Å²) >= 11 is 6.71. The molecule has 2 aliphatic rings. The molecule has 1 aliphatic heterocycles. The molecule has 0 aromatic heterocycles. The molecule has 4 aromatic carbocycles. The van der Waals surface area contributed by atoms with Gasteiger partial charge in [-0.3, -0.25) is 9.80 Å². The number of ether oxygens (including phenoxy) is 1. The molecule has 1 fully saturated rings. The molecule has 9 heteroatoms. The molecule has 4 aromatic rings. The van der Waals surface area contributed by atoms with Crippen LogP contribution >= 0.6 is 11.6 Å². The van der Waals surface area contributed by atoms with E-state index in [1.54, 1.807) is 24.4 Å². The summed E-state index contributed by atoms with van der Waals surface area (Å²) in [6, 6.07) is 24.7. The van der Waals surface area contributed by atoms with Crippen molar-refractivity contribution in [1.29, 1.82) is 0 Å². The second-order valence-corrected chi connectivity index (χ2v) is 10.6. The van der Waals surface area contributed by atoms with E-state index < -0.39 is 11.4 Å². The quantitative estimate of drug-likeness (QED) is 0.162. The van der Waals surface area contributed by atoms with Crippen LogP contribution in [0.5, 0.6) is 5.75 Å². The van der Waals surface area contributed by atoms with Gasteiger partial charge >= 0.3 is 5.97 Å². The van der Waals surface area contributed by atoms with Crippen LogP contribution in [-0.4, -0.2) is 24.1 Å². The molecule has 2 unspecified atom stereocenters. The number of rotatable bonds is 7. The molecule has 6 rings (SSSR count). The third-order valence-corrected chi connectivity index (χ3v) is 8.31. The highest BCUT2D eigenvalue weighted by molar-refractivity contribution is 6.34. The highest BCUT2D eigenvalue weighted by Gasteiger charge is 2.65. The molecule has 1 spiro atoms. The fourth-order valence-corrected chi connectivity index (χ4v) is 6.07. The van der Waals surface area contributed by atoms with Gasteiger partial charge in [0.05, 0.1) is 23.2 Å². The number of nitrogens with one attached hydrogen (secondary N) is 1. The van der Waals surface area contributed by atoms with Crippen LogP contribution in [0.4, 0.5) is 11.4 Å². The zero-order chi connectivity index (χ0) is 28.9. The van der Waals surface area contributed by atoms with Crippen molar-refractivity contribution >= 4 is 34.9 Å². The molecule has 1 heterocycles. The van der Waals surface area contributed by atoms with E-state index in [9.17, 15) is 14.7 Å². The zero-order valence-electron chi connectivity index (χ0n) is 22.1. The first-order valence-electron chi connectivity index (χ1n) is 13.0. The first kappa shape index (κ1) is 26.4.